The number of oxazole rings is 1. The van der Waals surface area contributed by atoms with Crippen LogP contribution in [0, 0.1) is 0 Å². The normalized spacial score (nSPS) is 10.9. The summed E-state index contributed by atoms with van der Waals surface area (Å²) in [6, 6.07) is 21.8. The molecule has 0 bridgehead atoms. The lowest BCUT2D eigenvalue weighted by atomic mass is 10.1. The molecular formula is C24H21FN2O4. The van der Waals surface area contributed by atoms with Crippen molar-refractivity contribution in [3.05, 3.63) is 83.3 Å². The van der Waals surface area contributed by atoms with E-state index < -0.39 is 12.4 Å². The van der Waals surface area contributed by atoms with Crippen molar-refractivity contribution in [3.63, 3.8) is 0 Å². The summed E-state index contributed by atoms with van der Waals surface area (Å²) in [5.74, 6) is -0.245. The second kappa shape index (κ2) is 8.87. The number of benzene rings is 3. The number of hydrogen-bond donors (Lipinski definition) is 0. The Kier molecular flexibility index (Phi) is 5.84. The van der Waals surface area contributed by atoms with Crippen LogP contribution in [0.15, 0.2) is 82.0 Å². The molecule has 7 heteroatoms. The maximum atomic E-state index is 12.8. The zero-order chi connectivity index (χ0) is 21.8. The number of para-hydroxylation sites is 1. The molecule has 0 aliphatic heterocycles. The van der Waals surface area contributed by atoms with E-state index in [0.717, 1.165) is 16.8 Å². The van der Waals surface area contributed by atoms with Crippen molar-refractivity contribution in [1.82, 2.24) is 4.57 Å². The number of halogens is 1. The van der Waals surface area contributed by atoms with Gasteiger partial charge < -0.3 is 14.1 Å². The third kappa shape index (κ3) is 4.35. The fourth-order valence-corrected chi connectivity index (χ4v) is 3.33. The fraction of sp³-hybridized carbons (Fsp3) is 0.167. The van der Waals surface area contributed by atoms with Gasteiger partial charge in [-0.25, -0.2) is 9.18 Å². The average Bonchev–Trinajstić information content (AvgIpc) is 3.12. The Morgan fingerprint density at radius 2 is 1.74 bits per heavy atom. The lowest BCUT2D eigenvalue weighted by Gasteiger charge is -2.17. The Hall–Kier alpha value is -3.87. The van der Waals surface area contributed by atoms with Crippen LogP contribution in [-0.2, 0) is 11.3 Å². The number of rotatable bonds is 7. The number of amides is 1. The number of ether oxygens (including phenoxy) is 1. The average molecular weight is 420 g/mol. The van der Waals surface area contributed by atoms with E-state index in [-0.39, 0.29) is 19.1 Å². The van der Waals surface area contributed by atoms with E-state index in [1.807, 2.05) is 54.6 Å². The van der Waals surface area contributed by atoms with Gasteiger partial charge in [0.25, 0.3) is 0 Å². The second-order valence-corrected chi connectivity index (χ2v) is 6.99. The van der Waals surface area contributed by atoms with Crippen LogP contribution >= 0.6 is 0 Å². The van der Waals surface area contributed by atoms with Crippen LogP contribution in [0.1, 0.15) is 0 Å². The minimum absolute atomic E-state index is 0.0120. The number of hydrogen-bond acceptors (Lipinski definition) is 4. The quantitative estimate of drug-likeness (QED) is 0.448. The summed E-state index contributed by atoms with van der Waals surface area (Å²) < 4.78 is 24.2. The summed E-state index contributed by atoms with van der Waals surface area (Å²) in [5.41, 5.74) is 3.43. The number of nitrogens with zero attached hydrogens (tertiary/aromatic N) is 2. The van der Waals surface area contributed by atoms with Gasteiger partial charge in [-0.3, -0.25) is 9.36 Å². The van der Waals surface area contributed by atoms with Crippen LogP contribution in [0.3, 0.4) is 0 Å². The molecule has 0 fully saturated rings. The first-order valence-electron chi connectivity index (χ1n) is 9.81. The van der Waals surface area contributed by atoms with Crippen molar-refractivity contribution >= 4 is 22.7 Å². The summed E-state index contributed by atoms with van der Waals surface area (Å²) in [6.07, 6.45) is 0. The Morgan fingerprint density at radius 1 is 1.03 bits per heavy atom. The van der Waals surface area contributed by atoms with E-state index in [1.165, 1.54) is 9.47 Å². The van der Waals surface area contributed by atoms with Gasteiger partial charge >= 0.3 is 5.76 Å². The molecular weight excluding hydrogens is 399 g/mol. The molecule has 0 N–H and O–H groups in total. The maximum Gasteiger partial charge on any atom is 0.420 e. The molecule has 0 aliphatic rings. The van der Waals surface area contributed by atoms with Crippen molar-refractivity contribution in [2.45, 2.75) is 6.54 Å². The molecule has 31 heavy (non-hydrogen) atoms. The molecule has 0 saturated carbocycles. The van der Waals surface area contributed by atoms with Crippen LogP contribution in [0.25, 0.3) is 22.2 Å². The molecule has 0 spiro atoms. The lowest BCUT2D eigenvalue weighted by Crippen LogP contribution is -2.32. The van der Waals surface area contributed by atoms with Crippen LogP contribution in [-0.4, -0.2) is 30.8 Å². The van der Waals surface area contributed by atoms with Crippen molar-refractivity contribution < 1.29 is 18.3 Å². The fourth-order valence-electron chi connectivity index (χ4n) is 3.33. The molecule has 1 heterocycles. The molecule has 0 aliphatic carbocycles. The molecule has 0 atom stereocenters. The number of aromatic nitrogens is 1. The van der Waals surface area contributed by atoms with Gasteiger partial charge in [-0.1, -0.05) is 36.4 Å². The number of carbonyl (C=O) groups excluding carboxylic acids is 1. The Morgan fingerprint density at radius 3 is 2.45 bits per heavy atom. The molecule has 158 valence electrons. The van der Waals surface area contributed by atoms with Crippen molar-refractivity contribution in [2.75, 3.05) is 25.2 Å². The number of carbonyl (C=O) groups is 1. The largest absolute Gasteiger partial charge is 0.491 e. The highest BCUT2D eigenvalue weighted by molar-refractivity contribution is 5.93. The SMILES string of the molecule is CN(C(=O)Cn1c(=O)oc2ccc(-c3ccc(OCCF)cc3)cc21)c1ccccc1. The monoisotopic (exact) mass is 420 g/mol. The predicted octanol–water partition coefficient (Wildman–Crippen LogP) is 4.27. The molecule has 0 radical (unpaired) electrons. The highest BCUT2D eigenvalue weighted by atomic mass is 19.1. The number of likely N-dealkylation sites (N-methyl/N-ethyl adjacent to an activating group) is 1. The number of anilines is 1. The molecule has 1 amide bonds. The van der Waals surface area contributed by atoms with E-state index in [2.05, 4.69) is 0 Å². The van der Waals surface area contributed by atoms with Gasteiger partial charge in [0, 0.05) is 12.7 Å². The summed E-state index contributed by atoms with van der Waals surface area (Å²) in [7, 11) is 1.67. The topological polar surface area (TPSA) is 64.7 Å². The van der Waals surface area contributed by atoms with E-state index in [1.54, 1.807) is 25.2 Å². The maximum absolute atomic E-state index is 12.8. The van der Waals surface area contributed by atoms with E-state index in [9.17, 15) is 14.0 Å². The third-order valence-electron chi connectivity index (χ3n) is 5.01. The zero-order valence-corrected chi connectivity index (χ0v) is 17.0. The van der Waals surface area contributed by atoms with Crippen LogP contribution in [0.5, 0.6) is 5.75 Å². The molecule has 4 rings (SSSR count). The minimum atomic E-state index is -0.586. The molecule has 4 aromatic rings. The van der Waals surface area contributed by atoms with Crippen molar-refractivity contribution in [1.29, 1.82) is 0 Å². The summed E-state index contributed by atoms with van der Waals surface area (Å²) >= 11 is 0. The van der Waals surface area contributed by atoms with Crippen LogP contribution in [0.2, 0.25) is 0 Å². The molecule has 0 unspecified atom stereocenters. The first kappa shape index (κ1) is 20.4. The third-order valence-corrected chi connectivity index (χ3v) is 5.01. The van der Waals surface area contributed by atoms with Gasteiger partial charge in [-0.05, 0) is 47.5 Å². The summed E-state index contributed by atoms with van der Waals surface area (Å²) in [6.45, 7) is -0.677. The highest BCUT2D eigenvalue weighted by Gasteiger charge is 2.17. The Labute approximate surface area is 178 Å². The van der Waals surface area contributed by atoms with E-state index in [0.29, 0.717) is 16.8 Å². The van der Waals surface area contributed by atoms with E-state index >= 15 is 0 Å². The smallest absolute Gasteiger partial charge is 0.420 e. The summed E-state index contributed by atoms with van der Waals surface area (Å²) in [5, 5.41) is 0. The van der Waals surface area contributed by atoms with Gasteiger partial charge in [0.05, 0.1) is 5.52 Å². The number of alkyl halides is 1. The van der Waals surface area contributed by atoms with Crippen LogP contribution < -0.4 is 15.4 Å². The lowest BCUT2D eigenvalue weighted by molar-refractivity contribution is -0.118. The highest BCUT2D eigenvalue weighted by Crippen LogP contribution is 2.26. The Bertz CT molecular complexity index is 1250. The van der Waals surface area contributed by atoms with Gasteiger partial charge in [0.2, 0.25) is 5.91 Å². The first-order valence-corrected chi connectivity index (χ1v) is 9.81. The predicted molar refractivity (Wildman–Crippen MR) is 117 cm³/mol. The molecule has 1 aromatic heterocycles. The first-order chi connectivity index (χ1) is 15.1. The minimum Gasteiger partial charge on any atom is -0.491 e. The van der Waals surface area contributed by atoms with Gasteiger partial charge in [0.1, 0.15) is 25.6 Å². The van der Waals surface area contributed by atoms with Gasteiger partial charge in [-0.15, -0.1) is 0 Å². The number of fused-ring (bicyclic) bond motifs is 1. The standard InChI is InChI=1S/C24H21FN2O4/c1-26(19-5-3-2-4-6-19)23(28)16-27-21-15-18(9-12-22(21)31-24(27)29)17-7-10-20(11-8-17)30-14-13-25/h2-12,15H,13-14,16H2,1H3. The molecule has 3 aromatic carbocycles. The van der Waals surface area contributed by atoms with Crippen molar-refractivity contribution in [2.24, 2.45) is 0 Å². The van der Waals surface area contributed by atoms with Gasteiger partial charge in [-0.2, -0.15) is 0 Å². The van der Waals surface area contributed by atoms with Crippen LogP contribution in [0.4, 0.5) is 10.1 Å². The van der Waals surface area contributed by atoms with Gasteiger partial charge in [0.15, 0.2) is 5.58 Å². The Balaban J connectivity index is 1.62. The van der Waals surface area contributed by atoms with E-state index in [4.69, 9.17) is 9.15 Å². The van der Waals surface area contributed by atoms with Crippen molar-refractivity contribution in [3.8, 4) is 16.9 Å². The second-order valence-electron chi connectivity index (χ2n) is 6.99. The summed E-state index contributed by atoms with van der Waals surface area (Å²) in [4.78, 5) is 26.7. The molecule has 0 saturated heterocycles. The zero-order valence-electron chi connectivity index (χ0n) is 17.0. The molecule has 6 nitrogen and oxygen atoms in total.